The van der Waals surface area contributed by atoms with Gasteiger partial charge in [0, 0.05) is 5.02 Å². The lowest BCUT2D eigenvalue weighted by Gasteiger charge is -2.22. The highest BCUT2D eigenvalue weighted by atomic mass is 35.5. The Labute approximate surface area is 214 Å². The number of benzene rings is 2. The van der Waals surface area contributed by atoms with Crippen molar-refractivity contribution in [2.45, 2.75) is 13.0 Å². The number of carbonyl (C=O) groups is 2. The number of rotatable bonds is 6. The molecule has 0 fully saturated rings. The van der Waals surface area contributed by atoms with Crippen molar-refractivity contribution < 1.29 is 23.5 Å². The van der Waals surface area contributed by atoms with Crippen LogP contribution in [0.15, 0.2) is 64.3 Å². The molecule has 182 valence electrons. The number of halogens is 1. The molecule has 4 aromatic rings. The minimum atomic E-state index is -0.871. The number of aromatic nitrogens is 1. The van der Waals surface area contributed by atoms with E-state index < -0.39 is 17.9 Å². The number of ether oxygens (including phenoxy) is 2. The van der Waals surface area contributed by atoms with Crippen LogP contribution >= 0.6 is 22.9 Å². The number of esters is 1. The standard InChI is InChI=1S/C26H19ClN2O6S/c1-4-10-34-25(32)23-13(2)28-26(36-23)29-20(14-6-5-7-16(11-14)33-3)19-21(30)17-12-15(27)8-9-18(17)35-22(19)24(29)31/h4-9,11-12,20H,1,10H2,2-3H3. The fourth-order valence-corrected chi connectivity index (χ4v) is 5.30. The third-order valence-corrected chi connectivity index (χ3v) is 7.12. The summed E-state index contributed by atoms with van der Waals surface area (Å²) < 4.78 is 16.5. The molecule has 1 aliphatic heterocycles. The first-order chi connectivity index (χ1) is 17.3. The van der Waals surface area contributed by atoms with Crippen LogP contribution in [-0.4, -0.2) is 30.6 Å². The molecule has 1 amide bonds. The smallest absolute Gasteiger partial charge is 0.350 e. The number of anilines is 1. The van der Waals surface area contributed by atoms with Crippen molar-refractivity contribution >= 4 is 50.9 Å². The molecular weight excluding hydrogens is 504 g/mol. The molecule has 0 N–H and O–H groups in total. The minimum Gasteiger partial charge on any atom is -0.497 e. The summed E-state index contributed by atoms with van der Waals surface area (Å²) in [5, 5.41) is 0.851. The SMILES string of the molecule is C=CCOC(=O)c1sc(N2C(=O)c3oc4ccc(Cl)cc4c(=O)c3C2c2cccc(OC)c2)nc1C. The highest BCUT2D eigenvalue weighted by Gasteiger charge is 2.45. The van der Waals surface area contributed by atoms with Crippen LogP contribution < -0.4 is 15.1 Å². The molecule has 0 bridgehead atoms. The summed E-state index contributed by atoms with van der Waals surface area (Å²) in [4.78, 5) is 46.1. The lowest BCUT2D eigenvalue weighted by molar-refractivity contribution is 0.0554. The van der Waals surface area contributed by atoms with E-state index in [4.69, 9.17) is 25.5 Å². The second kappa shape index (κ2) is 9.25. The molecule has 10 heteroatoms. The van der Waals surface area contributed by atoms with Crippen molar-refractivity contribution in [3.8, 4) is 5.75 Å². The molecule has 2 aromatic heterocycles. The molecular formula is C26H19ClN2O6S. The first kappa shape index (κ1) is 23.8. The Kier molecular flexibility index (Phi) is 6.11. The van der Waals surface area contributed by atoms with E-state index in [1.807, 2.05) is 0 Å². The number of hydrogen-bond acceptors (Lipinski definition) is 8. The monoisotopic (exact) mass is 522 g/mol. The second-order valence-corrected chi connectivity index (χ2v) is 9.38. The Morgan fingerprint density at radius 1 is 1.28 bits per heavy atom. The van der Waals surface area contributed by atoms with Gasteiger partial charge in [0.05, 0.1) is 29.8 Å². The maximum absolute atomic E-state index is 13.7. The zero-order valence-corrected chi connectivity index (χ0v) is 20.8. The average molecular weight is 523 g/mol. The van der Waals surface area contributed by atoms with Crippen molar-refractivity contribution in [3.05, 3.63) is 97.8 Å². The van der Waals surface area contributed by atoms with E-state index in [1.165, 1.54) is 24.2 Å². The predicted octanol–water partition coefficient (Wildman–Crippen LogP) is 5.31. The summed E-state index contributed by atoms with van der Waals surface area (Å²) in [5.74, 6) is -0.670. The lowest BCUT2D eigenvalue weighted by Crippen LogP contribution is -2.29. The summed E-state index contributed by atoms with van der Waals surface area (Å²) >= 11 is 7.14. The van der Waals surface area contributed by atoms with Crippen LogP contribution in [0.4, 0.5) is 5.13 Å². The zero-order chi connectivity index (χ0) is 25.6. The number of aryl methyl sites for hydroxylation is 1. The normalized spacial score (nSPS) is 14.7. The van der Waals surface area contributed by atoms with Gasteiger partial charge in [-0.1, -0.05) is 47.7 Å². The molecule has 0 saturated carbocycles. The fourth-order valence-electron chi connectivity index (χ4n) is 4.14. The molecule has 0 aliphatic carbocycles. The van der Waals surface area contributed by atoms with E-state index in [2.05, 4.69) is 11.6 Å². The van der Waals surface area contributed by atoms with Crippen LogP contribution in [-0.2, 0) is 4.74 Å². The van der Waals surface area contributed by atoms with E-state index in [0.29, 0.717) is 22.0 Å². The molecule has 3 heterocycles. The molecule has 8 nitrogen and oxygen atoms in total. The van der Waals surface area contributed by atoms with Gasteiger partial charge in [-0.15, -0.1) is 0 Å². The van der Waals surface area contributed by atoms with Gasteiger partial charge in [-0.25, -0.2) is 9.78 Å². The van der Waals surface area contributed by atoms with Crippen LogP contribution in [0.1, 0.15) is 43.1 Å². The van der Waals surface area contributed by atoms with Crippen molar-refractivity contribution in [1.82, 2.24) is 4.98 Å². The maximum Gasteiger partial charge on any atom is 0.350 e. The number of methoxy groups -OCH3 is 1. The summed E-state index contributed by atoms with van der Waals surface area (Å²) in [5.41, 5.74) is 1.03. The molecule has 2 aromatic carbocycles. The molecule has 5 rings (SSSR count). The fraction of sp³-hybridized carbons (Fsp3) is 0.154. The van der Waals surface area contributed by atoms with Crippen molar-refractivity contribution in [2.75, 3.05) is 18.6 Å². The number of fused-ring (bicyclic) bond motifs is 2. The Morgan fingerprint density at radius 3 is 2.83 bits per heavy atom. The van der Waals surface area contributed by atoms with Gasteiger partial charge in [-0.2, -0.15) is 0 Å². The van der Waals surface area contributed by atoms with E-state index in [1.54, 1.807) is 43.3 Å². The van der Waals surface area contributed by atoms with Gasteiger partial charge in [0.15, 0.2) is 10.6 Å². The van der Waals surface area contributed by atoms with Crippen molar-refractivity contribution in [3.63, 3.8) is 0 Å². The van der Waals surface area contributed by atoms with Gasteiger partial charge >= 0.3 is 5.97 Å². The first-order valence-electron chi connectivity index (χ1n) is 10.8. The van der Waals surface area contributed by atoms with Gasteiger partial charge < -0.3 is 13.9 Å². The number of thiazole rings is 1. The zero-order valence-electron chi connectivity index (χ0n) is 19.2. The van der Waals surface area contributed by atoms with Gasteiger partial charge in [0.25, 0.3) is 5.91 Å². The van der Waals surface area contributed by atoms with Crippen LogP contribution in [0, 0.1) is 6.92 Å². The molecule has 36 heavy (non-hydrogen) atoms. The van der Waals surface area contributed by atoms with Crippen LogP contribution in [0.2, 0.25) is 5.02 Å². The summed E-state index contributed by atoms with van der Waals surface area (Å²) in [6.07, 6.45) is 1.46. The third kappa shape index (κ3) is 3.86. The van der Waals surface area contributed by atoms with E-state index in [9.17, 15) is 14.4 Å². The molecule has 0 spiro atoms. The molecule has 0 saturated heterocycles. The highest BCUT2D eigenvalue weighted by Crippen LogP contribution is 2.43. The van der Waals surface area contributed by atoms with Crippen LogP contribution in [0.25, 0.3) is 11.0 Å². The minimum absolute atomic E-state index is 0.0413. The topological polar surface area (TPSA) is 98.9 Å². The third-order valence-electron chi connectivity index (χ3n) is 5.75. The van der Waals surface area contributed by atoms with Gasteiger partial charge in [0.1, 0.15) is 22.8 Å². The largest absolute Gasteiger partial charge is 0.497 e. The first-order valence-corrected chi connectivity index (χ1v) is 12.0. The van der Waals surface area contributed by atoms with Crippen LogP contribution in [0.3, 0.4) is 0 Å². The van der Waals surface area contributed by atoms with Gasteiger partial charge in [-0.3, -0.25) is 14.5 Å². The lowest BCUT2D eigenvalue weighted by atomic mass is 9.98. The van der Waals surface area contributed by atoms with Crippen LogP contribution in [0.5, 0.6) is 5.75 Å². The quantitative estimate of drug-likeness (QED) is 0.250. The molecule has 0 radical (unpaired) electrons. The Bertz CT molecular complexity index is 1610. The number of carbonyl (C=O) groups excluding carboxylic acids is 2. The number of hydrogen-bond donors (Lipinski definition) is 0. The predicted molar refractivity (Wildman–Crippen MR) is 136 cm³/mol. The summed E-state index contributed by atoms with van der Waals surface area (Å²) in [6, 6.07) is 10.8. The van der Waals surface area contributed by atoms with E-state index in [-0.39, 0.29) is 44.3 Å². The van der Waals surface area contributed by atoms with Gasteiger partial charge in [-0.05, 0) is 42.8 Å². The molecule has 1 atom stereocenters. The van der Waals surface area contributed by atoms with Gasteiger partial charge in [0.2, 0.25) is 5.76 Å². The molecule has 1 unspecified atom stereocenters. The Morgan fingerprint density at radius 2 is 2.08 bits per heavy atom. The Hall–Kier alpha value is -3.95. The number of nitrogens with zero attached hydrogens (tertiary/aromatic N) is 2. The van der Waals surface area contributed by atoms with Crippen molar-refractivity contribution in [2.24, 2.45) is 0 Å². The second-order valence-electron chi connectivity index (χ2n) is 7.97. The summed E-state index contributed by atoms with van der Waals surface area (Å²) in [6.45, 7) is 5.24. The van der Waals surface area contributed by atoms with Crippen molar-refractivity contribution in [1.29, 1.82) is 0 Å². The highest BCUT2D eigenvalue weighted by molar-refractivity contribution is 7.17. The molecule has 1 aliphatic rings. The average Bonchev–Trinajstić information content (AvgIpc) is 3.40. The van der Waals surface area contributed by atoms with E-state index in [0.717, 1.165) is 11.3 Å². The van der Waals surface area contributed by atoms with E-state index >= 15 is 0 Å². The Balaban J connectivity index is 1.73. The number of amides is 1. The summed E-state index contributed by atoms with van der Waals surface area (Å²) in [7, 11) is 1.53. The maximum atomic E-state index is 13.7.